The van der Waals surface area contributed by atoms with Gasteiger partial charge in [-0.15, -0.1) is 0 Å². The molecule has 0 unspecified atom stereocenters. The number of ether oxygens (including phenoxy) is 2. The van der Waals surface area contributed by atoms with E-state index < -0.39 is 38.8 Å². The van der Waals surface area contributed by atoms with Crippen molar-refractivity contribution in [3.05, 3.63) is 29.3 Å². The molecule has 28 heavy (non-hydrogen) atoms. The molecule has 158 valence electrons. The third-order valence-electron chi connectivity index (χ3n) is 3.78. The van der Waals surface area contributed by atoms with E-state index in [1.807, 2.05) is 4.72 Å². The molecule has 0 radical (unpaired) electrons. The molecular weight excluding hydrogens is 457 g/mol. The molecule has 0 fully saturated rings. The second kappa shape index (κ2) is 9.66. The molecule has 1 aromatic carbocycles. The normalized spacial score (nSPS) is 20.6. The third-order valence-corrected chi connectivity index (χ3v) is 5.00. The number of hydrogen-bond acceptors (Lipinski definition) is 7. The van der Waals surface area contributed by atoms with Crippen molar-refractivity contribution in [3.8, 4) is 5.75 Å². The molecular formula is C15H20Cl3N3O6S. The number of benzene rings is 1. The largest absolute Gasteiger partial charge is 0.508 e. The Balaban J connectivity index is 2.23. The Morgan fingerprint density at radius 3 is 2.79 bits per heavy atom. The molecule has 13 heteroatoms. The van der Waals surface area contributed by atoms with E-state index in [1.165, 1.54) is 13.2 Å². The molecule has 0 heterocycles. The summed E-state index contributed by atoms with van der Waals surface area (Å²) in [7, 11) is -2.86. The molecule has 0 saturated carbocycles. The van der Waals surface area contributed by atoms with Crippen LogP contribution in [0.2, 0.25) is 0 Å². The average Bonchev–Trinajstić information content (AvgIpc) is 2.58. The number of rotatable bonds is 7. The van der Waals surface area contributed by atoms with Gasteiger partial charge in [-0.25, -0.2) is 13.9 Å². The smallest absolute Gasteiger partial charge is 0.362 e. The number of methoxy groups -OCH3 is 1. The Bertz CT molecular complexity index is 816. The summed E-state index contributed by atoms with van der Waals surface area (Å²) in [6.45, 7) is -0.673. The number of nitrogens with one attached hydrogen (secondary N) is 1. The van der Waals surface area contributed by atoms with Crippen LogP contribution in [0.5, 0.6) is 5.75 Å². The predicted octanol–water partition coefficient (Wildman–Crippen LogP) is 1.90. The Kier molecular flexibility index (Phi) is 8.03. The van der Waals surface area contributed by atoms with Gasteiger partial charge < -0.3 is 20.3 Å². The first-order chi connectivity index (χ1) is 13.0. The molecule has 2 atom stereocenters. The number of alkyl halides is 3. The van der Waals surface area contributed by atoms with Gasteiger partial charge in [-0.3, -0.25) is 0 Å². The van der Waals surface area contributed by atoms with Gasteiger partial charge in [-0.05, 0) is 36.1 Å². The Labute approximate surface area is 178 Å². The van der Waals surface area contributed by atoms with Crippen LogP contribution in [-0.2, 0) is 30.4 Å². The molecule has 4 N–H and O–H groups in total. The number of fused-ring (bicyclic) bond motifs is 1. The van der Waals surface area contributed by atoms with Crippen LogP contribution in [0, 0.1) is 0 Å². The molecule has 0 saturated heterocycles. The minimum atomic E-state index is -4.35. The lowest BCUT2D eigenvalue weighted by molar-refractivity contribution is -0.0840. The summed E-state index contributed by atoms with van der Waals surface area (Å²) in [5, 5.41) is 9.69. The molecule has 0 aromatic heterocycles. The quantitative estimate of drug-likeness (QED) is 0.237. The fraction of sp³-hybridized carbons (Fsp3) is 0.533. The van der Waals surface area contributed by atoms with Crippen molar-refractivity contribution in [2.75, 3.05) is 20.5 Å². The van der Waals surface area contributed by atoms with Crippen molar-refractivity contribution in [1.82, 2.24) is 4.72 Å². The summed E-state index contributed by atoms with van der Waals surface area (Å²) < 4.78 is 39.0. The molecule has 0 aliphatic heterocycles. The highest BCUT2D eigenvalue weighted by Gasteiger charge is 2.31. The van der Waals surface area contributed by atoms with E-state index in [4.69, 9.17) is 50.0 Å². The maximum absolute atomic E-state index is 11.9. The van der Waals surface area contributed by atoms with E-state index in [0.717, 1.165) is 11.1 Å². The fourth-order valence-corrected chi connectivity index (χ4v) is 3.77. The van der Waals surface area contributed by atoms with Crippen molar-refractivity contribution in [2.24, 2.45) is 10.7 Å². The number of halogens is 3. The van der Waals surface area contributed by atoms with Crippen molar-refractivity contribution in [2.45, 2.75) is 28.8 Å². The lowest BCUT2D eigenvalue weighted by Gasteiger charge is -2.31. The van der Waals surface area contributed by atoms with Crippen LogP contribution in [0.3, 0.4) is 0 Å². The first-order valence-electron chi connectivity index (χ1n) is 8.00. The van der Waals surface area contributed by atoms with Crippen molar-refractivity contribution >= 4 is 51.1 Å². The van der Waals surface area contributed by atoms with Crippen LogP contribution in [0.25, 0.3) is 0 Å². The number of nitrogens with zero attached hydrogens (tertiary/aromatic N) is 1. The molecule has 1 aliphatic rings. The molecule has 0 amide bonds. The van der Waals surface area contributed by atoms with Crippen LogP contribution >= 0.6 is 34.8 Å². The Morgan fingerprint density at radius 1 is 1.43 bits per heavy atom. The second-order valence-electron chi connectivity index (χ2n) is 5.93. The van der Waals surface area contributed by atoms with Gasteiger partial charge in [0, 0.05) is 7.11 Å². The van der Waals surface area contributed by atoms with Crippen LogP contribution in [0.15, 0.2) is 23.2 Å². The fourth-order valence-electron chi connectivity index (χ4n) is 2.71. The van der Waals surface area contributed by atoms with E-state index in [1.54, 1.807) is 12.1 Å². The summed E-state index contributed by atoms with van der Waals surface area (Å²) in [5.74, 6) is -0.312. The second-order valence-corrected chi connectivity index (χ2v) is 9.79. The number of aryl methyl sites for hydroxylation is 1. The average molecular weight is 477 g/mol. The highest BCUT2D eigenvalue weighted by molar-refractivity contribution is 7.85. The summed E-state index contributed by atoms with van der Waals surface area (Å²) in [6.07, 6.45) is 0.794. The van der Waals surface area contributed by atoms with Gasteiger partial charge in [0.05, 0.1) is 6.10 Å². The van der Waals surface area contributed by atoms with Gasteiger partial charge in [-0.1, -0.05) is 40.9 Å². The predicted molar refractivity (Wildman–Crippen MR) is 106 cm³/mol. The molecule has 2 rings (SSSR count). The van der Waals surface area contributed by atoms with Crippen molar-refractivity contribution < 1.29 is 27.2 Å². The lowest BCUT2D eigenvalue weighted by atomic mass is 9.85. The summed E-state index contributed by atoms with van der Waals surface area (Å²) in [5.41, 5.74) is 7.35. The van der Waals surface area contributed by atoms with E-state index in [0.29, 0.717) is 12.8 Å². The topological polar surface area (TPSA) is 132 Å². The van der Waals surface area contributed by atoms with E-state index in [2.05, 4.69) is 9.18 Å². The van der Waals surface area contributed by atoms with Crippen LogP contribution in [0.1, 0.15) is 23.6 Å². The maximum Gasteiger partial charge on any atom is 0.362 e. The molecule has 0 bridgehead atoms. The number of aliphatic imine (C=N–C) groups is 1. The first-order valence-corrected chi connectivity index (χ1v) is 10.5. The zero-order valence-electron chi connectivity index (χ0n) is 14.8. The minimum Gasteiger partial charge on any atom is -0.508 e. The molecule has 9 nitrogen and oxygen atoms in total. The number of nitrogens with two attached hydrogens (primary N) is 1. The molecule has 1 aliphatic carbocycles. The molecule has 1 aromatic rings. The van der Waals surface area contributed by atoms with Gasteiger partial charge >= 0.3 is 10.3 Å². The monoisotopic (exact) mass is 475 g/mol. The minimum absolute atomic E-state index is 0.0299. The lowest BCUT2D eigenvalue weighted by Crippen LogP contribution is -2.40. The van der Waals surface area contributed by atoms with Crippen molar-refractivity contribution in [3.63, 3.8) is 0 Å². The van der Waals surface area contributed by atoms with Gasteiger partial charge in [-0.2, -0.15) is 8.42 Å². The SMILES string of the molecule is COCO[C@@H]1CCc2cc(O)ccc2[C@@H]1N=C(N)NS(=O)(=O)OCC(Cl)(Cl)Cl. The highest BCUT2D eigenvalue weighted by Crippen LogP contribution is 2.36. The van der Waals surface area contributed by atoms with Gasteiger partial charge in [0.25, 0.3) is 0 Å². The zero-order chi connectivity index (χ0) is 20.9. The van der Waals surface area contributed by atoms with E-state index in [-0.39, 0.29) is 12.5 Å². The summed E-state index contributed by atoms with van der Waals surface area (Å²) in [4.78, 5) is 4.23. The Morgan fingerprint density at radius 2 is 2.14 bits per heavy atom. The van der Waals surface area contributed by atoms with E-state index >= 15 is 0 Å². The standard InChI is InChI=1S/C15H20Cl3N3O6S/c1-25-8-26-12-5-2-9-6-10(22)3-4-11(9)13(12)20-14(19)21-28(23,24)27-7-15(16,17)18/h3-4,6,12-13,22H,2,5,7-8H2,1H3,(H3,19,20,21)/t12-,13+/m1/s1. The van der Waals surface area contributed by atoms with Gasteiger partial charge in [0.2, 0.25) is 9.75 Å². The maximum atomic E-state index is 11.9. The number of phenols is 1. The zero-order valence-corrected chi connectivity index (χ0v) is 17.9. The van der Waals surface area contributed by atoms with Crippen LogP contribution in [0.4, 0.5) is 0 Å². The van der Waals surface area contributed by atoms with Crippen LogP contribution < -0.4 is 10.5 Å². The van der Waals surface area contributed by atoms with Crippen molar-refractivity contribution in [1.29, 1.82) is 0 Å². The molecule has 0 spiro atoms. The number of phenolic OH excluding ortho intramolecular Hbond substituents is 1. The number of hydrogen-bond donors (Lipinski definition) is 3. The number of guanidine groups is 1. The van der Waals surface area contributed by atoms with Gasteiger partial charge in [0.1, 0.15) is 25.2 Å². The highest BCUT2D eigenvalue weighted by atomic mass is 35.6. The van der Waals surface area contributed by atoms with Gasteiger partial charge in [0.15, 0.2) is 0 Å². The van der Waals surface area contributed by atoms with Crippen LogP contribution in [-0.4, -0.2) is 49.9 Å². The first kappa shape index (κ1) is 23.3. The Hall–Kier alpha value is -1.01. The summed E-state index contributed by atoms with van der Waals surface area (Å²) >= 11 is 16.4. The number of aromatic hydroxyl groups is 1. The van der Waals surface area contributed by atoms with E-state index in [9.17, 15) is 13.5 Å². The third kappa shape index (κ3) is 7.11. The summed E-state index contributed by atoms with van der Waals surface area (Å²) in [6, 6.07) is 4.18.